The van der Waals surface area contributed by atoms with Crippen molar-refractivity contribution in [3.8, 4) is 0 Å². The van der Waals surface area contributed by atoms with Gasteiger partial charge in [0.1, 0.15) is 0 Å². The van der Waals surface area contributed by atoms with Crippen LogP contribution in [0.5, 0.6) is 0 Å². The molecule has 0 aliphatic carbocycles. The third kappa shape index (κ3) is 1.67. The number of hydrogen-bond donors (Lipinski definition) is 0. The van der Waals surface area contributed by atoms with E-state index in [1.54, 1.807) is 0 Å². The van der Waals surface area contributed by atoms with Crippen LogP contribution in [-0.4, -0.2) is 9.56 Å². The summed E-state index contributed by atoms with van der Waals surface area (Å²) in [6, 6.07) is 3.98. The van der Waals surface area contributed by atoms with Gasteiger partial charge < -0.3 is 4.57 Å². The third-order valence-electron chi connectivity index (χ3n) is 1.36. The van der Waals surface area contributed by atoms with Gasteiger partial charge in [0.25, 0.3) is 0 Å². The second-order valence-corrected chi connectivity index (χ2v) is 2.71. The Morgan fingerprint density at radius 3 is 2.50 bits per heavy atom. The van der Waals surface area contributed by atoms with Gasteiger partial charge in [0.2, 0.25) is 0 Å². The van der Waals surface area contributed by atoms with Crippen molar-refractivity contribution >= 4 is 17.2 Å². The Morgan fingerprint density at radius 2 is 2.00 bits per heavy atom. The molecule has 2 heteroatoms. The fourth-order valence-corrected chi connectivity index (χ4v) is 1.17. The highest BCUT2D eigenvalue weighted by Gasteiger charge is 1.93. The molecular formula is C8H11NS. The van der Waals surface area contributed by atoms with Crippen LogP contribution in [-0.2, 0) is 0 Å². The molecule has 0 amide bonds. The maximum atomic E-state index is 5.14. The molecule has 0 aromatic carbocycles. The van der Waals surface area contributed by atoms with Crippen molar-refractivity contribution in [3.05, 3.63) is 24.5 Å². The maximum absolute atomic E-state index is 5.14. The van der Waals surface area contributed by atoms with Crippen LogP contribution in [0.2, 0.25) is 0 Å². The number of nitrogens with zero attached hydrogens (tertiary/aromatic N) is 1. The van der Waals surface area contributed by atoms with Gasteiger partial charge in [0.15, 0.2) is 0 Å². The minimum absolute atomic E-state index is 1.00. The fraction of sp³-hybridized carbons (Fsp3) is 0.375. The Kier molecular flexibility index (Phi) is 2.63. The summed E-state index contributed by atoms with van der Waals surface area (Å²) in [5.74, 6) is 0. The molecule has 0 spiro atoms. The molecule has 0 fully saturated rings. The summed E-state index contributed by atoms with van der Waals surface area (Å²) in [5, 5.41) is 0. The molecule has 0 atom stereocenters. The average molecular weight is 153 g/mol. The highest BCUT2D eigenvalue weighted by atomic mass is 32.1. The molecule has 0 unspecified atom stereocenters. The molecule has 0 N–H and O–H groups in total. The van der Waals surface area contributed by atoms with Gasteiger partial charge >= 0.3 is 0 Å². The first-order valence-corrected chi connectivity index (χ1v) is 3.91. The molecule has 0 saturated heterocycles. The van der Waals surface area contributed by atoms with Crippen LogP contribution in [0.1, 0.15) is 19.8 Å². The topological polar surface area (TPSA) is 4.93 Å². The van der Waals surface area contributed by atoms with Gasteiger partial charge in [-0.3, -0.25) is 0 Å². The predicted octanol–water partition coefficient (Wildman–Crippen LogP) is 2.46. The highest BCUT2D eigenvalue weighted by molar-refractivity contribution is 7.80. The van der Waals surface area contributed by atoms with Crippen LogP contribution in [0.3, 0.4) is 0 Å². The summed E-state index contributed by atoms with van der Waals surface area (Å²) >= 11 is 5.14. The van der Waals surface area contributed by atoms with Crippen LogP contribution in [0.4, 0.5) is 0 Å². The van der Waals surface area contributed by atoms with Gasteiger partial charge in [-0.15, -0.1) is 0 Å². The Balaban J connectivity index is 2.59. The average Bonchev–Trinajstić information content (AvgIpc) is 2.38. The van der Waals surface area contributed by atoms with Gasteiger partial charge in [-0.2, -0.15) is 0 Å². The SMILES string of the molecule is CCCC(=S)n1cccc1. The van der Waals surface area contributed by atoms with Crippen molar-refractivity contribution < 1.29 is 0 Å². The van der Waals surface area contributed by atoms with Gasteiger partial charge in [0.05, 0.1) is 4.99 Å². The predicted molar refractivity (Wildman–Crippen MR) is 47.3 cm³/mol. The monoisotopic (exact) mass is 153 g/mol. The highest BCUT2D eigenvalue weighted by Crippen LogP contribution is 1.97. The van der Waals surface area contributed by atoms with Crippen LogP contribution in [0, 0.1) is 0 Å². The smallest absolute Gasteiger partial charge is 0.0859 e. The Labute approximate surface area is 66.7 Å². The van der Waals surface area contributed by atoms with Crippen LogP contribution in [0.25, 0.3) is 0 Å². The van der Waals surface area contributed by atoms with E-state index in [0.717, 1.165) is 17.8 Å². The fourth-order valence-electron chi connectivity index (χ4n) is 0.844. The zero-order valence-corrected chi connectivity index (χ0v) is 6.90. The van der Waals surface area contributed by atoms with E-state index in [4.69, 9.17) is 12.2 Å². The van der Waals surface area contributed by atoms with Crippen molar-refractivity contribution in [1.29, 1.82) is 0 Å². The van der Waals surface area contributed by atoms with E-state index in [1.807, 2.05) is 29.1 Å². The lowest BCUT2D eigenvalue weighted by molar-refractivity contribution is 0.963. The van der Waals surface area contributed by atoms with Crippen molar-refractivity contribution in [2.75, 3.05) is 0 Å². The molecule has 0 bridgehead atoms. The third-order valence-corrected chi connectivity index (χ3v) is 1.77. The van der Waals surface area contributed by atoms with Crippen molar-refractivity contribution in [3.63, 3.8) is 0 Å². The van der Waals surface area contributed by atoms with E-state index in [0.29, 0.717) is 0 Å². The van der Waals surface area contributed by atoms with Gasteiger partial charge in [-0.25, -0.2) is 0 Å². The number of rotatable bonds is 2. The van der Waals surface area contributed by atoms with E-state index in [1.165, 1.54) is 0 Å². The lowest BCUT2D eigenvalue weighted by Gasteiger charge is -2.00. The second-order valence-electron chi connectivity index (χ2n) is 2.23. The molecule has 0 aliphatic heterocycles. The molecule has 10 heavy (non-hydrogen) atoms. The quantitative estimate of drug-likeness (QED) is 0.591. The number of thiocarbonyl (C=S) groups is 1. The molecule has 1 aromatic rings. The van der Waals surface area contributed by atoms with Gasteiger partial charge in [0, 0.05) is 12.4 Å². The Bertz CT molecular complexity index is 201. The first kappa shape index (κ1) is 7.48. The van der Waals surface area contributed by atoms with Gasteiger partial charge in [-0.1, -0.05) is 19.1 Å². The van der Waals surface area contributed by atoms with Crippen LogP contribution in [0.15, 0.2) is 24.5 Å². The zero-order valence-electron chi connectivity index (χ0n) is 6.08. The molecule has 0 aliphatic rings. The van der Waals surface area contributed by atoms with Crippen LogP contribution >= 0.6 is 12.2 Å². The van der Waals surface area contributed by atoms with E-state index in [2.05, 4.69) is 6.92 Å². The first-order chi connectivity index (χ1) is 4.84. The lowest BCUT2D eigenvalue weighted by atomic mass is 10.3. The molecule has 54 valence electrons. The molecule has 1 nitrogen and oxygen atoms in total. The summed E-state index contributed by atoms with van der Waals surface area (Å²) < 4.78 is 1.98. The Morgan fingerprint density at radius 1 is 1.40 bits per heavy atom. The molecule has 1 rings (SSSR count). The van der Waals surface area contributed by atoms with E-state index < -0.39 is 0 Å². The van der Waals surface area contributed by atoms with Crippen LogP contribution < -0.4 is 0 Å². The summed E-state index contributed by atoms with van der Waals surface area (Å²) in [6.07, 6.45) is 6.09. The van der Waals surface area contributed by atoms with Crippen molar-refractivity contribution in [2.45, 2.75) is 19.8 Å². The van der Waals surface area contributed by atoms with Crippen molar-refractivity contribution in [2.24, 2.45) is 0 Å². The summed E-state index contributed by atoms with van der Waals surface area (Å²) in [6.45, 7) is 2.13. The first-order valence-electron chi connectivity index (χ1n) is 3.50. The number of hydrogen-bond acceptors (Lipinski definition) is 1. The van der Waals surface area contributed by atoms with Crippen molar-refractivity contribution in [1.82, 2.24) is 4.57 Å². The summed E-state index contributed by atoms with van der Waals surface area (Å²) in [4.78, 5) is 1.01. The largest absolute Gasteiger partial charge is 0.318 e. The molecule has 1 heterocycles. The normalized spacial score (nSPS) is 9.70. The molecular weight excluding hydrogens is 142 g/mol. The molecule has 0 saturated carbocycles. The summed E-state index contributed by atoms with van der Waals surface area (Å²) in [5.41, 5.74) is 0. The van der Waals surface area contributed by atoms with E-state index in [-0.39, 0.29) is 0 Å². The lowest BCUT2D eigenvalue weighted by Crippen LogP contribution is -2.04. The molecule has 1 aromatic heterocycles. The maximum Gasteiger partial charge on any atom is 0.0859 e. The summed E-state index contributed by atoms with van der Waals surface area (Å²) in [7, 11) is 0. The van der Waals surface area contributed by atoms with E-state index >= 15 is 0 Å². The standard InChI is InChI=1S/C8H11NS/c1-2-5-8(10)9-6-3-4-7-9/h3-4,6-7H,2,5H2,1H3. The second kappa shape index (κ2) is 3.52. The minimum Gasteiger partial charge on any atom is -0.318 e. The number of aromatic nitrogens is 1. The Hall–Kier alpha value is -0.630. The van der Waals surface area contributed by atoms with Gasteiger partial charge in [-0.05, 0) is 25.0 Å². The minimum atomic E-state index is 1.00. The molecule has 0 radical (unpaired) electrons. The zero-order chi connectivity index (χ0) is 7.40. The van der Waals surface area contributed by atoms with E-state index in [9.17, 15) is 0 Å².